The van der Waals surface area contributed by atoms with Crippen molar-refractivity contribution < 1.29 is 29.0 Å². The molecule has 2 saturated heterocycles. The van der Waals surface area contributed by atoms with Gasteiger partial charge in [0.15, 0.2) is 10.8 Å². The van der Waals surface area contributed by atoms with Crippen molar-refractivity contribution in [2.75, 3.05) is 60.2 Å². The smallest absolute Gasteiger partial charge is 0.355 e. The Morgan fingerprint density at radius 1 is 0.865 bits per heavy atom. The van der Waals surface area contributed by atoms with Crippen LogP contribution in [-0.2, 0) is 22.6 Å². The van der Waals surface area contributed by atoms with Crippen molar-refractivity contribution in [3.8, 4) is 16.9 Å². The van der Waals surface area contributed by atoms with Crippen LogP contribution >= 0.6 is 11.3 Å². The highest BCUT2D eigenvalue weighted by Gasteiger charge is 2.33. The Morgan fingerprint density at radius 2 is 1.69 bits per heavy atom. The maximum atomic E-state index is 13.7. The summed E-state index contributed by atoms with van der Waals surface area (Å²) in [4.78, 5) is 67.1. The highest BCUT2D eigenvalue weighted by molar-refractivity contribution is 7.22. The van der Waals surface area contributed by atoms with Gasteiger partial charge in [-0.3, -0.25) is 29.9 Å². The maximum absolute atomic E-state index is 13.7. The highest BCUT2D eigenvalue weighted by Crippen LogP contribution is 2.38. The van der Waals surface area contributed by atoms with Gasteiger partial charge in [0.05, 0.1) is 28.0 Å². The summed E-state index contributed by atoms with van der Waals surface area (Å²) < 4.78 is 7.69. The van der Waals surface area contributed by atoms with Gasteiger partial charge in [-0.15, -0.1) is 0 Å². The number of piperidine rings is 1. The number of carbonyl (C=O) groups is 4. The van der Waals surface area contributed by atoms with Crippen LogP contribution in [0.1, 0.15) is 108 Å². The lowest BCUT2D eigenvalue weighted by Gasteiger charge is -2.41. The summed E-state index contributed by atoms with van der Waals surface area (Å²) in [6, 6.07) is 29.6. The van der Waals surface area contributed by atoms with E-state index in [-0.39, 0.29) is 35.7 Å². The number of amides is 3. The standard InChI is InChI=1S/C58H65N9O6S/c1-35-33-66(39-19-22-44(48(32-39)60-3)53(59)45-24-26-52(68)63-56(45)70)31-30-65(35)28-7-6-10-37-17-20-40(21-18-37)73-49-15-9-12-41(36(49)2)42-23-25-51(62-54(42)57(71)72)67-29-27-38-11-8-13-43(46(38)34-67)55(69)64-58-61-47-14-4-5-16-50(47)74-58/h4-5,8-9,11-16,19,22-23,25,32,35,37,40,45,59-60H,6-7,10,17-18,20-21,24,26-31,33-34H2,1-3H3,(H,71,72)(H,61,64,69)(H,63,68,70). The van der Waals surface area contributed by atoms with Crippen molar-refractivity contribution in [2.45, 2.75) is 96.7 Å². The fourth-order valence-electron chi connectivity index (χ4n) is 11.5. The molecular weight excluding hydrogens is 951 g/mol. The minimum absolute atomic E-state index is 0.0217. The third-order valence-electron chi connectivity index (χ3n) is 15.7. The number of ether oxygens (including phenoxy) is 1. The summed E-state index contributed by atoms with van der Waals surface area (Å²) >= 11 is 1.44. The molecule has 10 rings (SSSR count). The summed E-state index contributed by atoms with van der Waals surface area (Å²) in [7, 11) is 1.84. The number of anilines is 4. The molecule has 3 fully saturated rings. The Kier molecular flexibility index (Phi) is 15.1. The Hall–Kier alpha value is -7.17. The van der Waals surface area contributed by atoms with Crippen LogP contribution in [0.25, 0.3) is 21.3 Å². The van der Waals surface area contributed by atoms with E-state index in [9.17, 15) is 24.3 Å². The molecule has 3 amide bonds. The topological polar surface area (TPSA) is 193 Å². The number of carbonyl (C=O) groups excluding carboxylic acids is 3. The molecular formula is C58H65N9O6S. The number of carboxylic acids is 1. The van der Waals surface area contributed by atoms with Crippen LogP contribution in [0.2, 0.25) is 0 Å². The van der Waals surface area contributed by atoms with E-state index < -0.39 is 17.8 Å². The second-order valence-electron chi connectivity index (χ2n) is 20.3. The molecule has 2 atom stereocenters. The van der Waals surface area contributed by atoms with Crippen molar-refractivity contribution in [3.05, 3.63) is 125 Å². The van der Waals surface area contributed by atoms with E-state index in [0.717, 1.165) is 101 Å². The van der Waals surface area contributed by atoms with Gasteiger partial charge < -0.3 is 30.4 Å². The van der Waals surface area contributed by atoms with Crippen molar-refractivity contribution in [1.29, 1.82) is 5.41 Å². The minimum Gasteiger partial charge on any atom is -0.490 e. The third kappa shape index (κ3) is 10.9. The second kappa shape index (κ2) is 22.1. The third-order valence-corrected chi connectivity index (χ3v) is 16.6. The lowest BCUT2D eigenvalue weighted by molar-refractivity contribution is -0.134. The fraction of sp³-hybridized carbons (Fsp3) is 0.397. The van der Waals surface area contributed by atoms with Gasteiger partial charge in [0.1, 0.15) is 11.6 Å². The van der Waals surface area contributed by atoms with Crippen LogP contribution in [0.4, 0.5) is 22.3 Å². The summed E-state index contributed by atoms with van der Waals surface area (Å²) in [5, 5.41) is 28.5. The Morgan fingerprint density at radius 3 is 2.47 bits per heavy atom. The molecule has 6 aromatic rings. The number of imide groups is 1. The summed E-state index contributed by atoms with van der Waals surface area (Å²) in [6.45, 7) is 9.24. The lowest BCUT2D eigenvalue weighted by Crippen LogP contribution is -2.52. The summed E-state index contributed by atoms with van der Waals surface area (Å²) in [5.74, 6) is -0.627. The van der Waals surface area contributed by atoms with Crippen molar-refractivity contribution in [2.24, 2.45) is 11.8 Å². The van der Waals surface area contributed by atoms with E-state index in [1.54, 1.807) is 0 Å². The molecule has 1 saturated carbocycles. The maximum Gasteiger partial charge on any atom is 0.355 e. The number of benzene rings is 4. The van der Waals surface area contributed by atoms with Gasteiger partial charge in [0, 0.05) is 80.3 Å². The van der Waals surface area contributed by atoms with Gasteiger partial charge in [-0.25, -0.2) is 14.8 Å². The van der Waals surface area contributed by atoms with Gasteiger partial charge in [0.2, 0.25) is 11.8 Å². The van der Waals surface area contributed by atoms with Gasteiger partial charge >= 0.3 is 5.97 Å². The molecule has 384 valence electrons. The van der Waals surface area contributed by atoms with Gasteiger partial charge in [-0.1, -0.05) is 60.6 Å². The van der Waals surface area contributed by atoms with E-state index in [1.807, 2.05) is 97.7 Å². The van der Waals surface area contributed by atoms with E-state index in [2.05, 4.69) is 49.8 Å². The largest absolute Gasteiger partial charge is 0.490 e. The van der Waals surface area contributed by atoms with Crippen LogP contribution in [0, 0.1) is 24.2 Å². The molecule has 4 aromatic carbocycles. The molecule has 3 aliphatic heterocycles. The SMILES string of the molecule is CNc1cc(N2CCN(CCCCC3CCC(Oc4cccc(-c5ccc(N6CCc7cccc(C(=O)Nc8nc9ccccc9s8)c7C6)nc5C(=O)O)c4C)CC3)C(C)C2)ccc1C(=N)C1CCC(=O)NC1=O. The van der Waals surface area contributed by atoms with Crippen LogP contribution in [-0.4, -0.2) is 101 Å². The van der Waals surface area contributed by atoms with Gasteiger partial charge in [0.25, 0.3) is 5.91 Å². The number of thiazole rings is 1. The first-order valence-electron chi connectivity index (χ1n) is 26.2. The zero-order valence-corrected chi connectivity index (χ0v) is 43.2. The lowest BCUT2D eigenvalue weighted by atomic mass is 9.84. The number of fused-ring (bicyclic) bond motifs is 2. The normalized spacial score (nSPS) is 20.2. The minimum atomic E-state index is -1.10. The van der Waals surface area contributed by atoms with Gasteiger partial charge in [-0.05, 0) is 148 Å². The second-order valence-corrected chi connectivity index (χ2v) is 21.4. The van der Waals surface area contributed by atoms with Crippen LogP contribution < -0.4 is 30.5 Å². The molecule has 2 unspecified atom stereocenters. The number of rotatable bonds is 16. The molecule has 0 radical (unpaired) electrons. The molecule has 5 heterocycles. The number of aromatic nitrogens is 2. The molecule has 5 N–H and O–H groups in total. The predicted molar refractivity (Wildman–Crippen MR) is 292 cm³/mol. The molecule has 0 spiro atoms. The molecule has 4 aliphatic rings. The predicted octanol–water partition coefficient (Wildman–Crippen LogP) is 9.96. The quantitative estimate of drug-likeness (QED) is 0.0351. The number of unbranched alkanes of at least 4 members (excludes halogenated alkanes) is 1. The Balaban J connectivity index is 0.694. The Bertz CT molecular complexity index is 3080. The van der Waals surface area contributed by atoms with Crippen LogP contribution in [0.15, 0.2) is 91.0 Å². The molecule has 15 nitrogen and oxygen atoms in total. The number of aromatic carboxylic acids is 1. The van der Waals surface area contributed by atoms with E-state index >= 15 is 0 Å². The molecule has 74 heavy (non-hydrogen) atoms. The summed E-state index contributed by atoms with van der Waals surface area (Å²) in [6.07, 6.45) is 9.21. The number of nitrogens with one attached hydrogen (secondary N) is 4. The first-order chi connectivity index (χ1) is 35.9. The molecule has 1 aliphatic carbocycles. The first-order valence-corrected chi connectivity index (χ1v) is 27.0. The number of para-hydroxylation sites is 1. The van der Waals surface area contributed by atoms with Crippen molar-refractivity contribution >= 4 is 73.3 Å². The monoisotopic (exact) mass is 1020 g/mol. The number of pyridine rings is 1. The first kappa shape index (κ1) is 50.4. The average Bonchev–Trinajstić information content (AvgIpc) is 3.83. The fourth-order valence-corrected chi connectivity index (χ4v) is 12.3. The summed E-state index contributed by atoms with van der Waals surface area (Å²) in [5.41, 5.74) is 8.42. The van der Waals surface area contributed by atoms with Gasteiger partial charge in [-0.2, -0.15) is 0 Å². The number of hydrogen-bond donors (Lipinski definition) is 5. The van der Waals surface area contributed by atoms with Crippen LogP contribution in [0.3, 0.4) is 0 Å². The zero-order chi connectivity index (χ0) is 51.5. The zero-order valence-electron chi connectivity index (χ0n) is 42.4. The van der Waals surface area contributed by atoms with Crippen molar-refractivity contribution in [3.63, 3.8) is 0 Å². The average molecular weight is 1020 g/mol. The number of nitrogens with zero attached hydrogens (tertiary/aromatic N) is 5. The number of piperazine rings is 1. The van der Waals surface area contributed by atoms with Crippen LogP contribution in [0.5, 0.6) is 5.75 Å². The Labute approximate surface area is 436 Å². The number of carboxylic acid groups (broad SMARTS) is 1. The molecule has 2 aromatic heterocycles. The molecule has 0 bridgehead atoms. The number of hydrogen-bond acceptors (Lipinski definition) is 13. The molecule has 16 heteroatoms. The van der Waals surface area contributed by atoms with E-state index in [4.69, 9.17) is 15.1 Å². The van der Waals surface area contributed by atoms with E-state index in [0.29, 0.717) is 65.5 Å². The van der Waals surface area contributed by atoms with E-state index in [1.165, 1.54) is 30.6 Å². The highest BCUT2D eigenvalue weighted by atomic mass is 32.1. The van der Waals surface area contributed by atoms with Crippen molar-refractivity contribution in [1.82, 2.24) is 20.2 Å².